The summed E-state index contributed by atoms with van der Waals surface area (Å²) in [5, 5.41) is 3.27. The number of rotatable bonds is 11. The fourth-order valence-corrected chi connectivity index (χ4v) is 4.25. The average molecular weight is 498 g/mol. The molecule has 0 fully saturated rings. The van der Waals surface area contributed by atoms with Crippen molar-refractivity contribution in [3.05, 3.63) is 64.9 Å². The molecule has 2 aromatic rings. The van der Waals surface area contributed by atoms with Gasteiger partial charge in [-0.3, -0.25) is 13.9 Å². The Bertz CT molecular complexity index is 1080. The first-order valence-corrected chi connectivity index (χ1v) is 12.8. The molecule has 2 aromatic carbocycles. The van der Waals surface area contributed by atoms with Crippen LogP contribution in [-0.4, -0.2) is 50.5 Å². The first-order valence-electron chi connectivity index (χ1n) is 10.6. The van der Waals surface area contributed by atoms with E-state index in [1.807, 2.05) is 6.92 Å². The number of sulfonamides is 1. The maximum atomic E-state index is 13.7. The second-order valence-corrected chi connectivity index (χ2v) is 10.1. The molecular weight excluding hydrogens is 469 g/mol. The molecule has 0 spiro atoms. The Morgan fingerprint density at radius 2 is 1.85 bits per heavy atom. The number of anilines is 1. The highest BCUT2D eigenvalue weighted by Gasteiger charge is 2.30. The fraction of sp³-hybridized carbons (Fsp3) is 0.391. The number of carbonyl (C=O) groups excluding carboxylic acids is 2. The van der Waals surface area contributed by atoms with Gasteiger partial charge in [0.05, 0.1) is 11.9 Å². The number of nitrogens with zero attached hydrogens (tertiary/aromatic N) is 2. The van der Waals surface area contributed by atoms with Crippen molar-refractivity contribution in [3.63, 3.8) is 0 Å². The van der Waals surface area contributed by atoms with Crippen molar-refractivity contribution in [1.82, 2.24) is 10.2 Å². The Morgan fingerprint density at radius 3 is 2.45 bits per heavy atom. The van der Waals surface area contributed by atoms with E-state index in [1.165, 1.54) is 23.1 Å². The van der Waals surface area contributed by atoms with Gasteiger partial charge in [-0.2, -0.15) is 0 Å². The van der Waals surface area contributed by atoms with Crippen LogP contribution in [0.1, 0.15) is 32.3 Å². The molecule has 10 heteroatoms. The summed E-state index contributed by atoms with van der Waals surface area (Å²) in [6.45, 7) is 3.50. The van der Waals surface area contributed by atoms with E-state index in [4.69, 9.17) is 11.6 Å². The summed E-state index contributed by atoms with van der Waals surface area (Å²) in [5.41, 5.74) is 0.703. The summed E-state index contributed by atoms with van der Waals surface area (Å²) in [6.07, 6.45) is 2.63. The van der Waals surface area contributed by atoms with Crippen LogP contribution in [0.2, 0.25) is 5.02 Å². The number of hydrogen-bond donors (Lipinski definition) is 1. The van der Waals surface area contributed by atoms with E-state index in [-0.39, 0.29) is 18.1 Å². The predicted octanol–water partition coefficient (Wildman–Crippen LogP) is 3.58. The zero-order valence-electron chi connectivity index (χ0n) is 18.9. The van der Waals surface area contributed by atoms with Crippen molar-refractivity contribution in [2.45, 2.75) is 39.3 Å². The monoisotopic (exact) mass is 497 g/mol. The lowest BCUT2D eigenvalue weighted by molar-refractivity contribution is -0.139. The normalized spacial score (nSPS) is 12.2. The standard InChI is InChI=1S/C23H29ClFN3O4S/c1-4-5-12-26-23(30)17(2)27(15-18-8-6-9-19(24)13-18)22(29)16-28(33(3,31)32)21-11-7-10-20(25)14-21/h6-11,13-14,17H,4-5,12,15-16H2,1-3H3,(H,26,30)/t17-/m1/s1. The lowest BCUT2D eigenvalue weighted by Crippen LogP contribution is -2.51. The van der Waals surface area contributed by atoms with Crippen LogP contribution in [0.15, 0.2) is 48.5 Å². The molecule has 0 aliphatic rings. The number of carbonyl (C=O) groups is 2. The second kappa shape index (κ2) is 12.0. The lowest BCUT2D eigenvalue weighted by atomic mass is 10.1. The molecule has 1 atom stereocenters. The molecule has 0 bridgehead atoms. The molecule has 0 radical (unpaired) electrons. The number of unbranched alkanes of at least 4 members (excludes halogenated alkanes) is 1. The van der Waals surface area contributed by atoms with Crippen molar-refractivity contribution >= 4 is 39.1 Å². The van der Waals surface area contributed by atoms with Crippen LogP contribution in [0.3, 0.4) is 0 Å². The summed E-state index contributed by atoms with van der Waals surface area (Å²) < 4.78 is 39.4. The van der Waals surface area contributed by atoms with Crippen molar-refractivity contribution in [2.75, 3.05) is 23.7 Å². The van der Waals surface area contributed by atoms with Crippen molar-refractivity contribution < 1.29 is 22.4 Å². The van der Waals surface area contributed by atoms with Gasteiger partial charge in [0, 0.05) is 18.1 Å². The summed E-state index contributed by atoms with van der Waals surface area (Å²) in [7, 11) is -3.91. The summed E-state index contributed by atoms with van der Waals surface area (Å²) in [4.78, 5) is 27.3. The minimum atomic E-state index is -3.91. The number of halogens is 2. The Balaban J connectivity index is 2.34. The largest absolute Gasteiger partial charge is 0.354 e. The van der Waals surface area contributed by atoms with Gasteiger partial charge in [0.1, 0.15) is 18.4 Å². The first kappa shape index (κ1) is 26.6. The van der Waals surface area contributed by atoms with E-state index in [0.29, 0.717) is 17.1 Å². The second-order valence-electron chi connectivity index (χ2n) is 7.72. The molecule has 180 valence electrons. The Kier molecular flexibility index (Phi) is 9.67. The quantitative estimate of drug-likeness (QED) is 0.481. The third-order valence-electron chi connectivity index (χ3n) is 5.01. The summed E-state index contributed by atoms with van der Waals surface area (Å²) >= 11 is 6.07. The van der Waals surface area contributed by atoms with Gasteiger partial charge in [-0.1, -0.05) is 43.1 Å². The zero-order valence-corrected chi connectivity index (χ0v) is 20.5. The van der Waals surface area contributed by atoms with E-state index in [0.717, 1.165) is 29.5 Å². The van der Waals surface area contributed by atoms with E-state index in [9.17, 15) is 22.4 Å². The van der Waals surface area contributed by atoms with Gasteiger partial charge in [0.15, 0.2) is 0 Å². The van der Waals surface area contributed by atoms with Crippen LogP contribution in [0.5, 0.6) is 0 Å². The smallest absolute Gasteiger partial charge is 0.244 e. The van der Waals surface area contributed by atoms with Gasteiger partial charge < -0.3 is 10.2 Å². The van der Waals surface area contributed by atoms with Crippen molar-refractivity contribution in [3.8, 4) is 0 Å². The predicted molar refractivity (Wildman–Crippen MR) is 128 cm³/mol. The van der Waals surface area contributed by atoms with Gasteiger partial charge in [0.2, 0.25) is 21.8 Å². The molecular formula is C23H29ClFN3O4S. The number of benzene rings is 2. The highest BCUT2D eigenvalue weighted by molar-refractivity contribution is 7.92. The third-order valence-corrected chi connectivity index (χ3v) is 6.39. The molecule has 0 unspecified atom stereocenters. The lowest BCUT2D eigenvalue weighted by Gasteiger charge is -2.31. The SMILES string of the molecule is CCCCNC(=O)[C@@H](C)N(Cc1cccc(Cl)c1)C(=O)CN(c1cccc(F)c1)S(C)(=O)=O. The molecule has 0 aromatic heterocycles. The van der Waals surface area contributed by atoms with Gasteiger partial charge >= 0.3 is 0 Å². The minimum Gasteiger partial charge on any atom is -0.354 e. The van der Waals surface area contributed by atoms with E-state index in [2.05, 4.69) is 5.32 Å². The van der Waals surface area contributed by atoms with Crippen LogP contribution in [0, 0.1) is 5.82 Å². The first-order chi connectivity index (χ1) is 15.5. The Morgan fingerprint density at radius 1 is 1.15 bits per heavy atom. The summed E-state index contributed by atoms with van der Waals surface area (Å²) in [6, 6.07) is 11.0. The zero-order chi connectivity index (χ0) is 24.6. The van der Waals surface area contributed by atoms with E-state index < -0.39 is 34.3 Å². The number of hydrogen-bond acceptors (Lipinski definition) is 4. The summed E-state index contributed by atoms with van der Waals surface area (Å²) in [5.74, 6) is -1.59. The highest BCUT2D eigenvalue weighted by Crippen LogP contribution is 2.20. The molecule has 0 saturated heterocycles. The maximum absolute atomic E-state index is 13.7. The third kappa shape index (κ3) is 8.01. The van der Waals surface area contributed by atoms with E-state index >= 15 is 0 Å². The van der Waals surface area contributed by atoms with Crippen LogP contribution in [0.25, 0.3) is 0 Å². The van der Waals surface area contributed by atoms with E-state index in [1.54, 1.807) is 31.2 Å². The molecule has 1 N–H and O–H groups in total. The average Bonchev–Trinajstić information content (AvgIpc) is 2.74. The fourth-order valence-electron chi connectivity index (χ4n) is 3.20. The number of nitrogens with one attached hydrogen (secondary N) is 1. The molecule has 0 aliphatic heterocycles. The molecule has 2 amide bonds. The molecule has 7 nitrogen and oxygen atoms in total. The van der Waals surface area contributed by atoms with Gasteiger partial charge in [-0.25, -0.2) is 12.8 Å². The molecule has 0 aliphatic carbocycles. The van der Waals surface area contributed by atoms with Crippen LogP contribution < -0.4 is 9.62 Å². The van der Waals surface area contributed by atoms with Gasteiger partial charge in [-0.15, -0.1) is 0 Å². The highest BCUT2D eigenvalue weighted by atomic mass is 35.5. The van der Waals surface area contributed by atoms with Crippen LogP contribution >= 0.6 is 11.6 Å². The molecule has 0 heterocycles. The Hall–Kier alpha value is -2.65. The molecule has 33 heavy (non-hydrogen) atoms. The van der Waals surface area contributed by atoms with Gasteiger partial charge in [0.25, 0.3) is 0 Å². The Labute approximate surface area is 199 Å². The molecule has 0 saturated carbocycles. The molecule has 2 rings (SSSR count). The topological polar surface area (TPSA) is 86.8 Å². The number of amides is 2. The van der Waals surface area contributed by atoms with Crippen LogP contribution in [0.4, 0.5) is 10.1 Å². The maximum Gasteiger partial charge on any atom is 0.244 e. The van der Waals surface area contributed by atoms with Crippen LogP contribution in [-0.2, 0) is 26.2 Å². The van der Waals surface area contributed by atoms with Crippen molar-refractivity contribution in [1.29, 1.82) is 0 Å². The van der Waals surface area contributed by atoms with Gasteiger partial charge in [-0.05, 0) is 49.2 Å². The van der Waals surface area contributed by atoms with Crippen molar-refractivity contribution in [2.24, 2.45) is 0 Å². The minimum absolute atomic E-state index is 0.0219.